The second-order valence-electron chi connectivity index (χ2n) is 10.1. The van der Waals surface area contributed by atoms with Gasteiger partial charge in [-0.2, -0.15) is 9.40 Å². The number of hydrogen-bond donors (Lipinski definition) is 1. The molecule has 1 saturated heterocycles. The fraction of sp³-hybridized carbons (Fsp3) is 0.600. The molecule has 0 radical (unpaired) electrons. The van der Waals surface area contributed by atoms with Crippen LogP contribution in [0.25, 0.3) is 0 Å². The average molecular weight is 475 g/mol. The normalized spacial score (nSPS) is 19.7. The van der Waals surface area contributed by atoms with Crippen molar-refractivity contribution in [2.45, 2.75) is 72.2 Å². The number of nitrogens with zero attached hydrogens (tertiary/aromatic N) is 3. The molecule has 1 aliphatic heterocycles. The summed E-state index contributed by atoms with van der Waals surface area (Å²) in [5.74, 6) is 1.12. The summed E-state index contributed by atoms with van der Waals surface area (Å²) < 4.78 is 29.7. The van der Waals surface area contributed by atoms with Crippen LogP contribution in [0.3, 0.4) is 0 Å². The Labute approximate surface area is 198 Å². The minimum Gasteiger partial charge on any atom is -0.326 e. The molecule has 1 amide bonds. The van der Waals surface area contributed by atoms with Crippen molar-refractivity contribution < 1.29 is 13.2 Å². The van der Waals surface area contributed by atoms with Crippen LogP contribution in [-0.4, -0.2) is 41.5 Å². The van der Waals surface area contributed by atoms with Crippen LogP contribution in [0.5, 0.6) is 0 Å². The van der Waals surface area contributed by atoms with Crippen LogP contribution in [0, 0.1) is 31.6 Å². The molecule has 2 aromatic rings. The summed E-state index contributed by atoms with van der Waals surface area (Å²) in [6.07, 6.45) is 2.02. The third-order valence-corrected chi connectivity index (χ3v) is 8.13. The molecular weight excluding hydrogens is 436 g/mol. The number of nitrogens with one attached hydrogen (secondary N) is 1. The average Bonchev–Trinajstić information content (AvgIpc) is 2.98. The lowest BCUT2D eigenvalue weighted by molar-refractivity contribution is -0.116. The van der Waals surface area contributed by atoms with E-state index in [4.69, 9.17) is 0 Å². The Morgan fingerprint density at radius 3 is 2.30 bits per heavy atom. The van der Waals surface area contributed by atoms with Gasteiger partial charge in [0.25, 0.3) is 0 Å². The summed E-state index contributed by atoms with van der Waals surface area (Å²) in [5, 5.41) is 7.50. The van der Waals surface area contributed by atoms with E-state index in [9.17, 15) is 13.2 Å². The van der Waals surface area contributed by atoms with Crippen LogP contribution >= 0.6 is 0 Å². The van der Waals surface area contributed by atoms with Crippen LogP contribution in [0.15, 0.2) is 29.2 Å². The lowest BCUT2D eigenvalue weighted by Crippen LogP contribution is -2.42. The van der Waals surface area contributed by atoms with E-state index in [-0.39, 0.29) is 10.8 Å². The van der Waals surface area contributed by atoms with E-state index >= 15 is 0 Å². The summed E-state index contributed by atoms with van der Waals surface area (Å²) in [6, 6.07) is 6.50. The molecule has 1 aliphatic rings. The number of carbonyl (C=O) groups excluding carboxylic acids is 1. The number of hydrogen-bond acceptors (Lipinski definition) is 4. The Bertz CT molecular complexity index is 1060. The summed E-state index contributed by atoms with van der Waals surface area (Å²) in [5.41, 5.74) is 3.81. The molecular formula is C25H38N4O3S. The Morgan fingerprint density at radius 2 is 1.73 bits per heavy atom. The third-order valence-electron chi connectivity index (χ3n) is 6.28. The lowest BCUT2D eigenvalue weighted by Gasteiger charge is -2.34. The third kappa shape index (κ3) is 6.23. The van der Waals surface area contributed by atoms with Crippen molar-refractivity contribution in [3.8, 4) is 0 Å². The number of aryl methyl sites for hydroxylation is 1. The first-order valence-corrected chi connectivity index (χ1v) is 13.3. The SMILES string of the molecule is Cc1nn(CC(C)C)c(C)c1CCC(=O)Nc1ccc(S(=O)(=O)N2CC(C)CC(C)C2)cc1. The Kier molecular flexibility index (Phi) is 8.00. The van der Waals surface area contributed by atoms with E-state index in [0.29, 0.717) is 49.4 Å². The first kappa shape index (κ1) is 25.4. The van der Waals surface area contributed by atoms with Crippen LogP contribution < -0.4 is 5.32 Å². The molecule has 0 spiro atoms. The van der Waals surface area contributed by atoms with Crippen molar-refractivity contribution in [3.63, 3.8) is 0 Å². The molecule has 0 aliphatic carbocycles. The van der Waals surface area contributed by atoms with Gasteiger partial charge in [0.05, 0.1) is 10.6 Å². The van der Waals surface area contributed by atoms with E-state index in [0.717, 1.165) is 29.9 Å². The van der Waals surface area contributed by atoms with E-state index in [1.54, 1.807) is 28.6 Å². The molecule has 2 heterocycles. The van der Waals surface area contributed by atoms with Gasteiger partial charge < -0.3 is 5.32 Å². The van der Waals surface area contributed by atoms with Crippen molar-refractivity contribution >= 4 is 21.6 Å². The quantitative estimate of drug-likeness (QED) is 0.615. The summed E-state index contributed by atoms with van der Waals surface area (Å²) in [6.45, 7) is 14.5. The molecule has 3 rings (SSSR count). The van der Waals surface area contributed by atoms with Gasteiger partial charge in [-0.1, -0.05) is 27.7 Å². The predicted octanol–water partition coefficient (Wildman–Crippen LogP) is 4.39. The van der Waals surface area contributed by atoms with E-state index in [1.165, 1.54) is 0 Å². The maximum absolute atomic E-state index is 13.0. The van der Waals surface area contributed by atoms with Crippen molar-refractivity contribution in [3.05, 3.63) is 41.2 Å². The highest BCUT2D eigenvalue weighted by Crippen LogP contribution is 2.27. The van der Waals surface area contributed by atoms with Crippen molar-refractivity contribution in [2.75, 3.05) is 18.4 Å². The van der Waals surface area contributed by atoms with Crippen molar-refractivity contribution in [1.29, 1.82) is 0 Å². The molecule has 1 N–H and O–H groups in total. The van der Waals surface area contributed by atoms with Crippen molar-refractivity contribution in [1.82, 2.24) is 14.1 Å². The van der Waals surface area contributed by atoms with Gasteiger partial charge in [-0.3, -0.25) is 9.48 Å². The highest BCUT2D eigenvalue weighted by Gasteiger charge is 2.31. The summed E-state index contributed by atoms with van der Waals surface area (Å²) in [4.78, 5) is 12.8. The Hall–Kier alpha value is -2.19. The van der Waals surface area contributed by atoms with E-state index in [2.05, 4.69) is 45.0 Å². The zero-order valence-electron chi connectivity index (χ0n) is 20.8. The molecule has 1 fully saturated rings. The highest BCUT2D eigenvalue weighted by molar-refractivity contribution is 7.89. The summed E-state index contributed by atoms with van der Waals surface area (Å²) in [7, 11) is -3.52. The minimum absolute atomic E-state index is 0.0975. The van der Waals surface area contributed by atoms with E-state index < -0.39 is 10.0 Å². The first-order chi connectivity index (χ1) is 15.5. The molecule has 1 aromatic heterocycles. The largest absolute Gasteiger partial charge is 0.326 e. The second-order valence-corrected chi connectivity index (χ2v) is 12.0. The van der Waals surface area contributed by atoms with Gasteiger partial charge >= 0.3 is 0 Å². The fourth-order valence-corrected chi connectivity index (χ4v) is 6.42. The maximum Gasteiger partial charge on any atom is 0.243 e. The summed E-state index contributed by atoms with van der Waals surface area (Å²) >= 11 is 0. The number of aromatic nitrogens is 2. The topological polar surface area (TPSA) is 84.3 Å². The smallest absolute Gasteiger partial charge is 0.243 e. The van der Waals surface area contributed by atoms with Gasteiger partial charge in [0.1, 0.15) is 0 Å². The van der Waals surface area contributed by atoms with E-state index in [1.807, 2.05) is 11.6 Å². The molecule has 0 saturated carbocycles. The fourth-order valence-electron chi connectivity index (χ4n) is 4.74. The van der Waals surface area contributed by atoms with Gasteiger partial charge in [-0.25, -0.2) is 8.42 Å². The van der Waals surface area contributed by atoms with Gasteiger partial charge in [-0.15, -0.1) is 0 Å². The molecule has 8 heteroatoms. The van der Waals surface area contributed by atoms with Crippen LogP contribution in [0.1, 0.15) is 57.5 Å². The molecule has 2 unspecified atom stereocenters. The molecule has 1 aromatic carbocycles. The lowest BCUT2D eigenvalue weighted by atomic mass is 9.94. The monoisotopic (exact) mass is 474 g/mol. The van der Waals surface area contributed by atoms with Gasteiger partial charge in [0.15, 0.2) is 0 Å². The first-order valence-electron chi connectivity index (χ1n) is 11.9. The predicted molar refractivity (Wildman–Crippen MR) is 132 cm³/mol. The molecule has 182 valence electrons. The van der Waals surface area contributed by atoms with Crippen LogP contribution in [0.2, 0.25) is 0 Å². The number of benzene rings is 1. The molecule has 2 atom stereocenters. The molecule has 33 heavy (non-hydrogen) atoms. The number of rotatable bonds is 8. The van der Waals surface area contributed by atoms with Crippen LogP contribution in [-0.2, 0) is 27.8 Å². The maximum atomic E-state index is 13.0. The minimum atomic E-state index is -3.52. The van der Waals surface area contributed by atoms with Gasteiger partial charge in [-0.05, 0) is 74.3 Å². The van der Waals surface area contributed by atoms with Crippen LogP contribution in [0.4, 0.5) is 5.69 Å². The number of anilines is 1. The number of carbonyl (C=O) groups is 1. The number of sulfonamides is 1. The highest BCUT2D eigenvalue weighted by atomic mass is 32.2. The van der Waals surface area contributed by atoms with Gasteiger partial charge in [0.2, 0.25) is 15.9 Å². The molecule has 0 bridgehead atoms. The van der Waals surface area contributed by atoms with Gasteiger partial charge in [0, 0.05) is 37.4 Å². The standard InChI is InChI=1S/C25H38N4O3S/c1-17(2)14-29-21(6)24(20(5)27-29)11-12-25(30)26-22-7-9-23(10-8-22)33(31,32)28-15-18(3)13-19(4)16-28/h7-10,17-19H,11-16H2,1-6H3,(H,26,30). The number of amides is 1. The number of piperidine rings is 1. The zero-order chi connectivity index (χ0) is 24.3. The Balaban J connectivity index is 1.60. The second kappa shape index (κ2) is 10.4. The Morgan fingerprint density at radius 1 is 1.12 bits per heavy atom. The zero-order valence-corrected chi connectivity index (χ0v) is 21.6. The molecule has 7 nitrogen and oxygen atoms in total. The van der Waals surface area contributed by atoms with Crippen molar-refractivity contribution in [2.24, 2.45) is 17.8 Å².